The van der Waals surface area contributed by atoms with Gasteiger partial charge in [-0.2, -0.15) is 5.26 Å². The Morgan fingerprint density at radius 1 is 1.67 bits per heavy atom. The third-order valence-corrected chi connectivity index (χ3v) is 4.12. The highest BCUT2D eigenvalue weighted by atomic mass is 32.1. The molecule has 1 saturated heterocycles. The van der Waals surface area contributed by atoms with Crippen molar-refractivity contribution in [1.82, 2.24) is 4.90 Å². The van der Waals surface area contributed by atoms with Crippen molar-refractivity contribution in [3.8, 4) is 6.07 Å². The van der Waals surface area contributed by atoms with Crippen LogP contribution in [-0.4, -0.2) is 23.9 Å². The predicted octanol–water partition coefficient (Wildman–Crippen LogP) is 2.17. The number of piperidine rings is 1. The number of aliphatic imine (C=N–C) groups is 1. The highest BCUT2D eigenvalue weighted by Crippen LogP contribution is 2.17. The first kappa shape index (κ1) is 12.9. The minimum atomic E-state index is 0.572. The Labute approximate surface area is 112 Å². The molecule has 0 spiro atoms. The zero-order valence-corrected chi connectivity index (χ0v) is 11.4. The van der Waals surface area contributed by atoms with Gasteiger partial charge in [0.1, 0.15) is 10.9 Å². The fourth-order valence-electron chi connectivity index (χ4n) is 2.18. The predicted molar refractivity (Wildman–Crippen MR) is 74.3 cm³/mol. The molecule has 1 aromatic heterocycles. The van der Waals surface area contributed by atoms with E-state index >= 15 is 0 Å². The number of guanidine groups is 1. The summed E-state index contributed by atoms with van der Waals surface area (Å²) in [5.41, 5.74) is 6.01. The van der Waals surface area contributed by atoms with Gasteiger partial charge in [0.15, 0.2) is 5.96 Å². The van der Waals surface area contributed by atoms with Crippen LogP contribution < -0.4 is 5.73 Å². The van der Waals surface area contributed by atoms with Crippen LogP contribution in [0, 0.1) is 17.2 Å². The standard InChI is InChI=1S/C13H18N4S/c1-10-3-2-6-17(9-10)13(15)16-8-12-5-4-11(7-14)18-12/h4-5,10H,2-3,6,8-9H2,1H3,(H2,15,16). The quantitative estimate of drug-likeness (QED) is 0.656. The van der Waals surface area contributed by atoms with Gasteiger partial charge in [-0.1, -0.05) is 6.92 Å². The van der Waals surface area contributed by atoms with Crippen LogP contribution >= 0.6 is 11.3 Å². The van der Waals surface area contributed by atoms with Crippen LogP contribution in [0.4, 0.5) is 0 Å². The normalized spacial score (nSPS) is 20.8. The number of rotatable bonds is 2. The van der Waals surface area contributed by atoms with Crippen LogP contribution in [0.25, 0.3) is 0 Å². The van der Waals surface area contributed by atoms with Crippen molar-refractivity contribution in [1.29, 1.82) is 5.26 Å². The molecular formula is C13H18N4S. The Morgan fingerprint density at radius 2 is 2.50 bits per heavy atom. The van der Waals surface area contributed by atoms with Gasteiger partial charge >= 0.3 is 0 Å². The van der Waals surface area contributed by atoms with E-state index in [0.717, 1.165) is 22.8 Å². The Kier molecular flexibility index (Phi) is 4.21. The van der Waals surface area contributed by atoms with Gasteiger partial charge in [0.05, 0.1) is 6.54 Å². The summed E-state index contributed by atoms with van der Waals surface area (Å²) in [6.45, 7) is 4.83. The largest absolute Gasteiger partial charge is 0.370 e. The van der Waals surface area contributed by atoms with Gasteiger partial charge in [-0.15, -0.1) is 11.3 Å². The Morgan fingerprint density at radius 3 is 3.17 bits per heavy atom. The number of hydrogen-bond donors (Lipinski definition) is 1. The molecule has 0 bridgehead atoms. The number of nitriles is 1. The van der Waals surface area contributed by atoms with E-state index in [9.17, 15) is 0 Å². The minimum absolute atomic E-state index is 0.572. The molecule has 0 amide bonds. The number of nitrogens with two attached hydrogens (primary N) is 1. The Bertz CT molecular complexity index is 472. The van der Waals surface area contributed by atoms with E-state index in [4.69, 9.17) is 11.0 Å². The van der Waals surface area contributed by atoms with E-state index in [2.05, 4.69) is 22.9 Å². The number of hydrogen-bond acceptors (Lipinski definition) is 3. The zero-order valence-electron chi connectivity index (χ0n) is 10.6. The molecule has 0 aliphatic carbocycles. The van der Waals surface area contributed by atoms with Crippen LogP contribution in [0.1, 0.15) is 29.5 Å². The molecule has 1 aromatic rings. The lowest BCUT2D eigenvalue weighted by molar-refractivity contribution is 0.270. The van der Waals surface area contributed by atoms with E-state index < -0.39 is 0 Å². The van der Waals surface area contributed by atoms with Crippen molar-refractivity contribution in [2.75, 3.05) is 13.1 Å². The molecule has 1 fully saturated rings. The first-order chi connectivity index (χ1) is 8.69. The zero-order chi connectivity index (χ0) is 13.0. The number of nitrogens with zero attached hydrogens (tertiary/aromatic N) is 3. The van der Waals surface area contributed by atoms with E-state index in [1.165, 1.54) is 24.2 Å². The van der Waals surface area contributed by atoms with E-state index in [1.807, 2.05) is 12.1 Å². The minimum Gasteiger partial charge on any atom is -0.370 e. The molecule has 0 saturated carbocycles. The van der Waals surface area contributed by atoms with Crippen molar-refractivity contribution in [2.24, 2.45) is 16.6 Å². The van der Waals surface area contributed by atoms with Crippen LogP contribution in [0.15, 0.2) is 17.1 Å². The van der Waals surface area contributed by atoms with Gasteiger partial charge in [0.25, 0.3) is 0 Å². The van der Waals surface area contributed by atoms with Crippen molar-refractivity contribution >= 4 is 17.3 Å². The first-order valence-electron chi connectivity index (χ1n) is 6.22. The second-order valence-corrected chi connectivity index (χ2v) is 5.91. The van der Waals surface area contributed by atoms with E-state index in [-0.39, 0.29) is 0 Å². The second kappa shape index (κ2) is 5.87. The van der Waals surface area contributed by atoms with Crippen molar-refractivity contribution < 1.29 is 0 Å². The van der Waals surface area contributed by atoms with Crippen LogP contribution in [0.3, 0.4) is 0 Å². The van der Waals surface area contributed by atoms with Gasteiger partial charge in [-0.3, -0.25) is 0 Å². The van der Waals surface area contributed by atoms with Crippen molar-refractivity contribution in [3.05, 3.63) is 21.9 Å². The van der Waals surface area contributed by atoms with Gasteiger partial charge in [0, 0.05) is 18.0 Å². The van der Waals surface area contributed by atoms with Gasteiger partial charge in [0.2, 0.25) is 0 Å². The first-order valence-corrected chi connectivity index (χ1v) is 7.04. The maximum absolute atomic E-state index is 8.75. The Balaban J connectivity index is 1.94. The lowest BCUT2D eigenvalue weighted by atomic mass is 10.0. The number of likely N-dealkylation sites (tertiary alicyclic amines) is 1. The highest BCUT2D eigenvalue weighted by molar-refractivity contribution is 7.12. The lowest BCUT2D eigenvalue weighted by Gasteiger charge is -2.31. The molecule has 96 valence electrons. The number of thiophene rings is 1. The van der Waals surface area contributed by atoms with Crippen molar-refractivity contribution in [3.63, 3.8) is 0 Å². The molecule has 18 heavy (non-hydrogen) atoms. The fraction of sp³-hybridized carbons (Fsp3) is 0.538. The molecule has 0 radical (unpaired) electrons. The van der Waals surface area contributed by atoms with E-state index in [1.54, 1.807) is 0 Å². The topological polar surface area (TPSA) is 65.4 Å². The second-order valence-electron chi connectivity index (χ2n) is 4.75. The highest BCUT2D eigenvalue weighted by Gasteiger charge is 2.17. The average molecular weight is 262 g/mol. The SMILES string of the molecule is CC1CCCN(C(N)=NCc2ccc(C#N)s2)C1. The van der Waals surface area contributed by atoms with Gasteiger partial charge < -0.3 is 10.6 Å². The summed E-state index contributed by atoms with van der Waals surface area (Å²) in [6, 6.07) is 5.90. The summed E-state index contributed by atoms with van der Waals surface area (Å²) in [7, 11) is 0. The molecule has 1 aliphatic heterocycles. The molecule has 2 N–H and O–H groups in total. The maximum atomic E-state index is 8.75. The van der Waals surface area contributed by atoms with Crippen LogP contribution in [0.2, 0.25) is 0 Å². The maximum Gasteiger partial charge on any atom is 0.191 e. The molecule has 2 rings (SSSR count). The molecular weight excluding hydrogens is 244 g/mol. The summed E-state index contributed by atoms with van der Waals surface area (Å²) in [4.78, 5) is 8.39. The van der Waals surface area contributed by atoms with E-state index in [0.29, 0.717) is 18.4 Å². The third kappa shape index (κ3) is 3.23. The summed E-state index contributed by atoms with van der Waals surface area (Å²) in [5.74, 6) is 1.33. The summed E-state index contributed by atoms with van der Waals surface area (Å²) < 4.78 is 0. The summed E-state index contributed by atoms with van der Waals surface area (Å²) in [6.07, 6.45) is 2.47. The molecule has 1 atom stereocenters. The summed E-state index contributed by atoms with van der Waals surface area (Å²) >= 11 is 1.48. The van der Waals surface area contributed by atoms with Gasteiger partial charge in [-0.25, -0.2) is 4.99 Å². The smallest absolute Gasteiger partial charge is 0.191 e. The fourth-order valence-corrected chi connectivity index (χ4v) is 2.91. The molecule has 2 heterocycles. The average Bonchev–Trinajstić information content (AvgIpc) is 2.84. The molecule has 1 unspecified atom stereocenters. The summed E-state index contributed by atoms with van der Waals surface area (Å²) in [5, 5.41) is 8.75. The monoisotopic (exact) mass is 262 g/mol. The van der Waals surface area contributed by atoms with Crippen LogP contribution in [0.5, 0.6) is 0 Å². The van der Waals surface area contributed by atoms with Gasteiger partial charge in [-0.05, 0) is 30.9 Å². The molecule has 4 nitrogen and oxygen atoms in total. The molecule has 0 aromatic carbocycles. The third-order valence-electron chi connectivity index (χ3n) is 3.15. The lowest BCUT2D eigenvalue weighted by Crippen LogP contribution is -2.43. The molecule has 5 heteroatoms. The Hall–Kier alpha value is -1.54. The van der Waals surface area contributed by atoms with Crippen molar-refractivity contribution in [2.45, 2.75) is 26.3 Å². The molecule has 1 aliphatic rings. The van der Waals surface area contributed by atoms with Crippen LogP contribution in [-0.2, 0) is 6.54 Å².